The maximum atomic E-state index is 11.6. The molecule has 0 radical (unpaired) electrons. The van der Waals surface area contributed by atoms with Gasteiger partial charge in [-0.15, -0.1) is 0 Å². The molecule has 21 heavy (non-hydrogen) atoms. The second-order valence-corrected chi connectivity index (χ2v) is 4.66. The summed E-state index contributed by atoms with van der Waals surface area (Å²) < 4.78 is 20.1. The maximum absolute atomic E-state index is 11.6. The lowest BCUT2D eigenvalue weighted by molar-refractivity contribution is -0.141. The molecule has 2 rings (SSSR count). The van der Waals surface area contributed by atoms with Gasteiger partial charge in [0.2, 0.25) is 0 Å². The van der Waals surface area contributed by atoms with Gasteiger partial charge in [0.15, 0.2) is 0 Å². The van der Waals surface area contributed by atoms with Crippen LogP contribution in [0.25, 0.3) is 11.4 Å². The van der Waals surface area contributed by atoms with Crippen LogP contribution in [0, 0.1) is 6.92 Å². The monoisotopic (exact) mass is 294 g/mol. The van der Waals surface area contributed by atoms with Gasteiger partial charge in [-0.05, 0) is 13.3 Å². The van der Waals surface area contributed by atoms with E-state index < -0.39 is 0 Å². The Balaban J connectivity index is 2.25. The van der Waals surface area contributed by atoms with Crippen LogP contribution in [0.1, 0.15) is 30.1 Å². The minimum absolute atomic E-state index is 0.148. The highest BCUT2D eigenvalue weighted by Gasteiger charge is 2.25. The molecule has 0 N–H and O–H groups in total. The Morgan fingerprint density at radius 3 is 2.81 bits per heavy atom. The molecule has 0 aliphatic rings. The lowest BCUT2D eigenvalue weighted by Gasteiger charge is -2.12. The summed E-state index contributed by atoms with van der Waals surface area (Å²) in [4.78, 5) is 11.6. The van der Waals surface area contributed by atoms with Crippen LogP contribution in [0.3, 0.4) is 0 Å². The summed E-state index contributed by atoms with van der Waals surface area (Å²) in [5.41, 5.74) is 2.06. The number of rotatable bonds is 7. The van der Waals surface area contributed by atoms with Crippen molar-refractivity contribution >= 4 is 5.97 Å². The second kappa shape index (κ2) is 7.03. The first kappa shape index (κ1) is 15.2. The second-order valence-electron chi connectivity index (χ2n) is 4.66. The van der Waals surface area contributed by atoms with E-state index >= 15 is 0 Å². The first-order valence-electron chi connectivity index (χ1n) is 6.60. The van der Waals surface area contributed by atoms with Gasteiger partial charge in [0, 0.05) is 31.3 Å². The number of carbonyl (C=O) groups excluding carboxylic acids is 1. The molecule has 0 bridgehead atoms. The molecule has 7 heteroatoms. The summed E-state index contributed by atoms with van der Waals surface area (Å²) in [6.07, 6.45) is 2.33. The molecule has 0 amide bonds. The number of nitrogens with zero attached hydrogens (tertiary/aromatic N) is 2. The van der Waals surface area contributed by atoms with Crippen LogP contribution in [0.15, 0.2) is 21.4 Å². The Hall–Kier alpha value is -2.15. The van der Waals surface area contributed by atoms with Crippen LogP contribution >= 0.6 is 0 Å². The van der Waals surface area contributed by atoms with Gasteiger partial charge >= 0.3 is 5.97 Å². The van der Waals surface area contributed by atoms with Crippen molar-refractivity contribution in [2.75, 3.05) is 20.8 Å². The van der Waals surface area contributed by atoms with E-state index in [1.54, 1.807) is 13.2 Å². The van der Waals surface area contributed by atoms with Crippen LogP contribution in [-0.4, -0.2) is 37.1 Å². The highest BCUT2D eigenvalue weighted by molar-refractivity contribution is 5.70. The number of carbonyl (C=O) groups is 1. The number of methoxy groups -OCH3 is 2. The zero-order valence-electron chi connectivity index (χ0n) is 12.3. The summed E-state index contributed by atoms with van der Waals surface area (Å²) in [7, 11) is 2.98. The zero-order chi connectivity index (χ0) is 15.2. The molecule has 0 spiro atoms. The predicted molar refractivity (Wildman–Crippen MR) is 72.6 cm³/mol. The first-order valence-corrected chi connectivity index (χ1v) is 6.60. The van der Waals surface area contributed by atoms with Crippen molar-refractivity contribution in [2.45, 2.75) is 25.7 Å². The van der Waals surface area contributed by atoms with E-state index in [9.17, 15) is 4.79 Å². The summed E-state index contributed by atoms with van der Waals surface area (Å²) in [5.74, 6) is 0.205. The lowest BCUT2D eigenvalue weighted by Crippen LogP contribution is -2.11. The van der Waals surface area contributed by atoms with Gasteiger partial charge in [-0.25, -0.2) is 0 Å². The molecule has 0 aliphatic carbocycles. The van der Waals surface area contributed by atoms with Crippen LogP contribution in [0.4, 0.5) is 0 Å². The van der Waals surface area contributed by atoms with Crippen LogP contribution in [0.2, 0.25) is 0 Å². The molecular weight excluding hydrogens is 276 g/mol. The smallest absolute Gasteiger partial charge is 0.306 e. The SMILES string of the molecule is COCCC(CC(=O)OC)c1onc(-c2ccon2)c1C. The Labute approximate surface area is 122 Å². The average Bonchev–Trinajstić information content (AvgIpc) is 3.12. The highest BCUT2D eigenvalue weighted by atomic mass is 16.5. The zero-order valence-corrected chi connectivity index (χ0v) is 12.3. The Morgan fingerprint density at radius 2 is 2.19 bits per heavy atom. The molecule has 1 unspecified atom stereocenters. The fraction of sp³-hybridized carbons (Fsp3) is 0.500. The van der Waals surface area contributed by atoms with E-state index in [0.717, 1.165) is 5.56 Å². The molecular formula is C14H18N2O5. The van der Waals surface area contributed by atoms with E-state index in [2.05, 4.69) is 10.3 Å². The summed E-state index contributed by atoms with van der Waals surface area (Å²) >= 11 is 0. The number of ether oxygens (including phenoxy) is 2. The van der Waals surface area contributed by atoms with Gasteiger partial charge in [0.25, 0.3) is 0 Å². The third-order valence-corrected chi connectivity index (χ3v) is 3.32. The number of esters is 1. The van der Waals surface area contributed by atoms with Crippen molar-refractivity contribution in [2.24, 2.45) is 0 Å². The minimum Gasteiger partial charge on any atom is -0.469 e. The Kier molecular flexibility index (Phi) is 5.10. The largest absolute Gasteiger partial charge is 0.469 e. The summed E-state index contributed by atoms with van der Waals surface area (Å²) in [6, 6.07) is 1.71. The van der Waals surface area contributed by atoms with Gasteiger partial charge in [-0.1, -0.05) is 10.3 Å². The molecule has 7 nitrogen and oxygen atoms in total. The maximum Gasteiger partial charge on any atom is 0.306 e. The fourth-order valence-corrected chi connectivity index (χ4v) is 2.17. The highest BCUT2D eigenvalue weighted by Crippen LogP contribution is 2.32. The van der Waals surface area contributed by atoms with E-state index in [0.29, 0.717) is 30.2 Å². The standard InChI is InChI=1S/C14H18N2O5/c1-9-13(11-5-7-20-15-11)16-21-14(9)10(4-6-18-2)8-12(17)19-3/h5,7,10H,4,6,8H2,1-3H3. The van der Waals surface area contributed by atoms with Crippen molar-refractivity contribution in [3.05, 3.63) is 23.7 Å². The average molecular weight is 294 g/mol. The number of hydrogen-bond donors (Lipinski definition) is 0. The summed E-state index contributed by atoms with van der Waals surface area (Å²) in [6.45, 7) is 2.40. The van der Waals surface area contributed by atoms with Crippen molar-refractivity contribution < 1.29 is 23.3 Å². The number of hydrogen-bond acceptors (Lipinski definition) is 7. The van der Waals surface area contributed by atoms with Gasteiger partial charge in [-0.2, -0.15) is 0 Å². The molecule has 0 aliphatic heterocycles. The van der Waals surface area contributed by atoms with E-state index in [1.807, 2.05) is 6.92 Å². The van der Waals surface area contributed by atoms with E-state index in [-0.39, 0.29) is 18.3 Å². The summed E-state index contributed by atoms with van der Waals surface area (Å²) in [5, 5.41) is 7.88. The normalized spacial score (nSPS) is 12.3. The van der Waals surface area contributed by atoms with Crippen molar-refractivity contribution in [3.8, 4) is 11.4 Å². The van der Waals surface area contributed by atoms with Gasteiger partial charge in [0.05, 0.1) is 13.5 Å². The Morgan fingerprint density at radius 1 is 1.38 bits per heavy atom. The minimum atomic E-state index is -0.296. The van der Waals surface area contributed by atoms with E-state index in [4.69, 9.17) is 18.5 Å². The van der Waals surface area contributed by atoms with Gasteiger partial charge in [0.1, 0.15) is 23.4 Å². The molecule has 0 saturated heterocycles. The quantitative estimate of drug-likeness (QED) is 0.724. The van der Waals surface area contributed by atoms with Gasteiger partial charge < -0.3 is 18.5 Å². The van der Waals surface area contributed by atoms with Crippen LogP contribution < -0.4 is 0 Å². The molecule has 2 aromatic rings. The van der Waals surface area contributed by atoms with E-state index in [1.165, 1.54) is 13.4 Å². The van der Waals surface area contributed by atoms with Crippen molar-refractivity contribution in [1.82, 2.24) is 10.3 Å². The van der Waals surface area contributed by atoms with Crippen molar-refractivity contribution in [1.29, 1.82) is 0 Å². The van der Waals surface area contributed by atoms with Crippen LogP contribution in [0.5, 0.6) is 0 Å². The molecule has 2 aromatic heterocycles. The Bertz CT molecular complexity index is 576. The molecule has 1 atom stereocenters. The third kappa shape index (κ3) is 3.49. The number of aromatic nitrogens is 2. The van der Waals surface area contributed by atoms with Crippen LogP contribution in [-0.2, 0) is 14.3 Å². The molecule has 0 fully saturated rings. The molecule has 0 saturated carbocycles. The molecule has 2 heterocycles. The third-order valence-electron chi connectivity index (χ3n) is 3.32. The lowest BCUT2D eigenvalue weighted by atomic mass is 9.95. The van der Waals surface area contributed by atoms with Gasteiger partial charge in [-0.3, -0.25) is 4.79 Å². The van der Waals surface area contributed by atoms with Crippen molar-refractivity contribution in [3.63, 3.8) is 0 Å². The molecule has 114 valence electrons. The fourth-order valence-electron chi connectivity index (χ4n) is 2.17. The first-order chi connectivity index (χ1) is 10.2. The molecule has 0 aromatic carbocycles. The predicted octanol–water partition coefficient (Wildman–Crippen LogP) is 2.32. The topological polar surface area (TPSA) is 87.6 Å².